The smallest absolute Gasteiger partial charge is 0.0994 e. The molecule has 0 amide bonds. The summed E-state index contributed by atoms with van der Waals surface area (Å²) in [6.45, 7) is 2.09. The zero-order valence-electron chi connectivity index (χ0n) is 9.38. The molecule has 1 unspecified atom stereocenters. The van der Waals surface area contributed by atoms with E-state index >= 15 is 0 Å². The summed E-state index contributed by atoms with van der Waals surface area (Å²) < 4.78 is 1.98. The fourth-order valence-corrected chi connectivity index (χ4v) is 1.92. The maximum absolute atomic E-state index is 9.06. The van der Waals surface area contributed by atoms with Crippen LogP contribution in [0.4, 0.5) is 0 Å². The minimum atomic E-state index is 0.184. The van der Waals surface area contributed by atoms with Crippen molar-refractivity contribution in [3.05, 3.63) is 53.6 Å². The second kappa shape index (κ2) is 4.19. The van der Waals surface area contributed by atoms with Crippen molar-refractivity contribution in [1.29, 1.82) is 5.26 Å². The number of aryl methyl sites for hydroxylation is 1. The molecule has 80 valence electrons. The number of nitriles is 1. The van der Waals surface area contributed by atoms with Crippen LogP contribution in [0.2, 0.25) is 0 Å². The summed E-state index contributed by atoms with van der Waals surface area (Å²) in [6.07, 6.45) is 3.62. The average molecular weight is 211 g/mol. The number of aromatic nitrogens is 2. The van der Waals surface area contributed by atoms with Crippen LogP contribution in [0.25, 0.3) is 0 Å². The predicted octanol–water partition coefficient (Wildman–Crippen LogP) is 2.44. The van der Waals surface area contributed by atoms with Crippen molar-refractivity contribution in [2.24, 2.45) is 7.05 Å². The van der Waals surface area contributed by atoms with Crippen LogP contribution in [0, 0.1) is 11.3 Å². The van der Waals surface area contributed by atoms with E-state index in [1.54, 1.807) is 6.33 Å². The van der Waals surface area contributed by atoms with Crippen molar-refractivity contribution in [2.75, 3.05) is 0 Å². The molecule has 2 rings (SSSR count). The molecule has 0 aliphatic carbocycles. The lowest BCUT2D eigenvalue weighted by Crippen LogP contribution is -2.04. The molecule has 1 aromatic carbocycles. The van der Waals surface area contributed by atoms with Gasteiger partial charge in [-0.05, 0) is 11.6 Å². The Morgan fingerprint density at radius 3 is 2.75 bits per heavy atom. The lowest BCUT2D eigenvalue weighted by atomic mass is 9.94. The minimum Gasteiger partial charge on any atom is -0.337 e. The molecule has 0 saturated heterocycles. The molecule has 0 N–H and O–H groups in total. The van der Waals surface area contributed by atoms with Crippen LogP contribution >= 0.6 is 0 Å². The highest BCUT2D eigenvalue weighted by Crippen LogP contribution is 2.25. The molecule has 0 radical (unpaired) electrons. The van der Waals surface area contributed by atoms with Crippen LogP contribution in [0.5, 0.6) is 0 Å². The lowest BCUT2D eigenvalue weighted by Gasteiger charge is -2.13. The van der Waals surface area contributed by atoms with Gasteiger partial charge in [-0.3, -0.25) is 0 Å². The molecule has 2 aromatic rings. The van der Waals surface area contributed by atoms with Crippen LogP contribution in [0.15, 0.2) is 36.8 Å². The van der Waals surface area contributed by atoms with Crippen LogP contribution in [0.3, 0.4) is 0 Å². The maximum Gasteiger partial charge on any atom is 0.0994 e. The standard InChI is InChI=1S/C13H13N3/c1-10(13-8-15-9-16(13)2)12-6-4-3-5-11(12)7-14/h3-6,8-10H,1-2H3. The summed E-state index contributed by atoms with van der Waals surface area (Å²) in [5.74, 6) is 0.184. The third-order valence-corrected chi connectivity index (χ3v) is 2.85. The van der Waals surface area contributed by atoms with Crippen molar-refractivity contribution in [3.63, 3.8) is 0 Å². The zero-order chi connectivity index (χ0) is 11.5. The zero-order valence-corrected chi connectivity index (χ0v) is 9.38. The molecule has 0 aliphatic heterocycles. The highest BCUT2D eigenvalue weighted by molar-refractivity contribution is 5.42. The Kier molecular flexibility index (Phi) is 2.74. The monoisotopic (exact) mass is 211 g/mol. The number of nitrogens with zero attached hydrogens (tertiary/aromatic N) is 3. The molecular formula is C13H13N3. The molecule has 0 bridgehead atoms. The van der Waals surface area contributed by atoms with Crippen molar-refractivity contribution >= 4 is 0 Å². The van der Waals surface area contributed by atoms with Gasteiger partial charge in [-0.25, -0.2) is 4.98 Å². The summed E-state index contributed by atoms with van der Waals surface area (Å²) in [4.78, 5) is 4.10. The van der Waals surface area contributed by atoms with E-state index in [1.807, 2.05) is 42.1 Å². The molecule has 3 heteroatoms. The topological polar surface area (TPSA) is 41.6 Å². The summed E-state index contributed by atoms with van der Waals surface area (Å²) >= 11 is 0. The van der Waals surface area contributed by atoms with Gasteiger partial charge >= 0.3 is 0 Å². The van der Waals surface area contributed by atoms with Gasteiger partial charge < -0.3 is 4.57 Å². The SMILES string of the molecule is CC(c1ccccc1C#N)c1cncn1C. The van der Waals surface area contributed by atoms with E-state index in [4.69, 9.17) is 5.26 Å². The molecule has 0 saturated carbocycles. The van der Waals surface area contributed by atoms with Crippen LogP contribution < -0.4 is 0 Å². The van der Waals surface area contributed by atoms with E-state index < -0.39 is 0 Å². The number of imidazole rings is 1. The van der Waals surface area contributed by atoms with Gasteiger partial charge in [0.05, 0.1) is 18.0 Å². The molecule has 0 fully saturated rings. The molecule has 1 heterocycles. The summed E-state index contributed by atoms with van der Waals surface area (Å²) in [6, 6.07) is 9.92. The highest BCUT2D eigenvalue weighted by atomic mass is 15.0. The van der Waals surface area contributed by atoms with Crippen molar-refractivity contribution in [2.45, 2.75) is 12.8 Å². The highest BCUT2D eigenvalue weighted by Gasteiger charge is 2.14. The normalized spacial score (nSPS) is 12.1. The quantitative estimate of drug-likeness (QED) is 0.765. The maximum atomic E-state index is 9.06. The summed E-state index contributed by atoms with van der Waals surface area (Å²) in [5.41, 5.74) is 2.90. The Balaban J connectivity index is 2.46. The number of hydrogen-bond donors (Lipinski definition) is 0. The Morgan fingerprint density at radius 2 is 2.12 bits per heavy atom. The fraction of sp³-hybridized carbons (Fsp3) is 0.231. The molecule has 1 aromatic heterocycles. The molecule has 0 spiro atoms. The first kappa shape index (κ1) is 10.4. The number of hydrogen-bond acceptors (Lipinski definition) is 2. The van der Waals surface area contributed by atoms with Gasteiger partial charge in [0.15, 0.2) is 0 Å². The Morgan fingerprint density at radius 1 is 1.38 bits per heavy atom. The molecule has 0 aliphatic rings. The van der Waals surface area contributed by atoms with E-state index in [9.17, 15) is 0 Å². The van der Waals surface area contributed by atoms with E-state index in [1.165, 1.54) is 0 Å². The Labute approximate surface area is 95.0 Å². The van der Waals surface area contributed by atoms with Crippen molar-refractivity contribution in [1.82, 2.24) is 9.55 Å². The average Bonchev–Trinajstić information content (AvgIpc) is 2.74. The van der Waals surface area contributed by atoms with Crippen molar-refractivity contribution < 1.29 is 0 Å². The van der Waals surface area contributed by atoms with Crippen LogP contribution in [-0.2, 0) is 7.05 Å². The van der Waals surface area contributed by atoms with E-state index in [2.05, 4.69) is 18.0 Å². The summed E-state index contributed by atoms with van der Waals surface area (Å²) in [7, 11) is 1.97. The van der Waals surface area contributed by atoms with Gasteiger partial charge in [-0.2, -0.15) is 5.26 Å². The molecular weight excluding hydrogens is 198 g/mol. The first-order chi connectivity index (χ1) is 7.74. The summed E-state index contributed by atoms with van der Waals surface area (Å²) in [5, 5.41) is 9.06. The van der Waals surface area contributed by atoms with E-state index in [0.29, 0.717) is 0 Å². The molecule has 3 nitrogen and oxygen atoms in total. The van der Waals surface area contributed by atoms with E-state index in [0.717, 1.165) is 16.8 Å². The molecule has 1 atom stereocenters. The van der Waals surface area contributed by atoms with Gasteiger partial charge in [-0.15, -0.1) is 0 Å². The lowest BCUT2D eigenvalue weighted by molar-refractivity contribution is 0.767. The largest absolute Gasteiger partial charge is 0.337 e. The minimum absolute atomic E-state index is 0.184. The van der Waals surface area contributed by atoms with Gasteiger partial charge in [-0.1, -0.05) is 25.1 Å². The number of rotatable bonds is 2. The van der Waals surface area contributed by atoms with Gasteiger partial charge in [0, 0.05) is 24.9 Å². The van der Waals surface area contributed by atoms with Gasteiger partial charge in [0.25, 0.3) is 0 Å². The van der Waals surface area contributed by atoms with Gasteiger partial charge in [0.1, 0.15) is 0 Å². The first-order valence-corrected chi connectivity index (χ1v) is 5.19. The van der Waals surface area contributed by atoms with E-state index in [-0.39, 0.29) is 5.92 Å². The molecule has 16 heavy (non-hydrogen) atoms. The Bertz CT molecular complexity index is 534. The third kappa shape index (κ3) is 1.70. The predicted molar refractivity (Wildman–Crippen MR) is 61.9 cm³/mol. The Hall–Kier alpha value is -2.08. The fourth-order valence-electron chi connectivity index (χ4n) is 1.92. The van der Waals surface area contributed by atoms with Crippen molar-refractivity contribution in [3.8, 4) is 6.07 Å². The van der Waals surface area contributed by atoms with Crippen LogP contribution in [0.1, 0.15) is 29.7 Å². The van der Waals surface area contributed by atoms with Gasteiger partial charge in [0.2, 0.25) is 0 Å². The van der Waals surface area contributed by atoms with Crippen LogP contribution in [-0.4, -0.2) is 9.55 Å². The second-order valence-electron chi connectivity index (χ2n) is 3.85. The second-order valence-corrected chi connectivity index (χ2v) is 3.85. The first-order valence-electron chi connectivity index (χ1n) is 5.19. The number of benzene rings is 1. The third-order valence-electron chi connectivity index (χ3n) is 2.85.